The Bertz CT molecular complexity index is 1100. The van der Waals surface area contributed by atoms with Crippen molar-refractivity contribution in [3.05, 3.63) is 60.2 Å². The molecule has 0 spiro atoms. The molecule has 6 nitrogen and oxygen atoms in total. The first kappa shape index (κ1) is 17.2. The van der Waals surface area contributed by atoms with Crippen molar-refractivity contribution in [2.24, 2.45) is 7.05 Å². The standard InChI is InChI=1S/C18H17N3O3S2/c1-10-11(5-3-7-13(10)21(23)24)9-25-18-19-16-15(17(22)20(18)2)12-6-4-8-14(12)26-16/h3,5,7H,4,6,8-9H2,1-2H3. The maximum atomic E-state index is 12.8. The molecule has 1 aliphatic rings. The number of nitro groups is 1. The van der Waals surface area contributed by atoms with Gasteiger partial charge in [0.25, 0.3) is 11.2 Å². The molecule has 0 amide bonds. The van der Waals surface area contributed by atoms with E-state index in [0.717, 1.165) is 35.0 Å². The summed E-state index contributed by atoms with van der Waals surface area (Å²) in [4.78, 5) is 30.4. The van der Waals surface area contributed by atoms with Crippen molar-refractivity contribution in [3.8, 4) is 0 Å². The number of nitrogens with zero attached hydrogens (tertiary/aromatic N) is 3. The van der Waals surface area contributed by atoms with Crippen LogP contribution in [0.2, 0.25) is 0 Å². The first-order valence-corrected chi connectivity index (χ1v) is 10.1. The van der Waals surface area contributed by atoms with Crippen molar-refractivity contribution in [1.29, 1.82) is 0 Å². The zero-order valence-corrected chi connectivity index (χ0v) is 16.1. The van der Waals surface area contributed by atoms with Gasteiger partial charge in [0, 0.05) is 29.3 Å². The van der Waals surface area contributed by atoms with Crippen molar-refractivity contribution in [2.75, 3.05) is 0 Å². The van der Waals surface area contributed by atoms with Crippen LogP contribution in [0.15, 0.2) is 28.2 Å². The van der Waals surface area contributed by atoms with Crippen LogP contribution in [0.1, 0.15) is 28.0 Å². The molecule has 0 N–H and O–H groups in total. The first-order chi connectivity index (χ1) is 12.5. The van der Waals surface area contributed by atoms with E-state index in [0.29, 0.717) is 16.5 Å². The molecular formula is C18H17N3O3S2. The summed E-state index contributed by atoms with van der Waals surface area (Å²) in [7, 11) is 1.75. The lowest BCUT2D eigenvalue weighted by Crippen LogP contribution is -2.20. The highest BCUT2D eigenvalue weighted by Crippen LogP contribution is 2.36. The minimum Gasteiger partial charge on any atom is -0.290 e. The van der Waals surface area contributed by atoms with Crippen LogP contribution in [0, 0.1) is 17.0 Å². The first-order valence-electron chi connectivity index (χ1n) is 8.34. The molecular weight excluding hydrogens is 370 g/mol. The van der Waals surface area contributed by atoms with E-state index in [-0.39, 0.29) is 16.2 Å². The van der Waals surface area contributed by atoms with Crippen molar-refractivity contribution in [3.63, 3.8) is 0 Å². The number of aromatic nitrogens is 2. The van der Waals surface area contributed by atoms with Crippen LogP contribution >= 0.6 is 23.1 Å². The van der Waals surface area contributed by atoms with Crippen molar-refractivity contribution >= 4 is 39.0 Å². The fraction of sp³-hybridized carbons (Fsp3) is 0.333. The monoisotopic (exact) mass is 387 g/mol. The molecule has 0 bridgehead atoms. The minimum absolute atomic E-state index is 0.00710. The van der Waals surface area contributed by atoms with E-state index in [1.165, 1.54) is 28.3 Å². The van der Waals surface area contributed by atoms with Gasteiger partial charge < -0.3 is 0 Å². The van der Waals surface area contributed by atoms with Crippen LogP contribution in [0.25, 0.3) is 10.2 Å². The van der Waals surface area contributed by atoms with Crippen molar-refractivity contribution < 1.29 is 4.92 Å². The number of fused-ring (bicyclic) bond motifs is 3. The van der Waals surface area contributed by atoms with Crippen LogP contribution in [-0.4, -0.2) is 14.5 Å². The number of rotatable bonds is 4. The van der Waals surface area contributed by atoms with E-state index >= 15 is 0 Å². The third-order valence-electron chi connectivity index (χ3n) is 4.88. The van der Waals surface area contributed by atoms with Gasteiger partial charge in [-0.1, -0.05) is 23.9 Å². The second-order valence-electron chi connectivity index (χ2n) is 6.40. The predicted molar refractivity (Wildman–Crippen MR) is 104 cm³/mol. The molecule has 0 saturated carbocycles. The summed E-state index contributed by atoms with van der Waals surface area (Å²) < 4.78 is 1.60. The van der Waals surface area contributed by atoms with E-state index in [1.807, 2.05) is 6.07 Å². The van der Waals surface area contributed by atoms with Crippen molar-refractivity contribution in [1.82, 2.24) is 9.55 Å². The van der Waals surface area contributed by atoms with Gasteiger partial charge in [-0.05, 0) is 37.3 Å². The molecule has 4 rings (SSSR count). The van der Waals surface area contributed by atoms with Gasteiger partial charge >= 0.3 is 0 Å². The molecule has 134 valence electrons. The summed E-state index contributed by atoms with van der Waals surface area (Å²) in [6, 6.07) is 5.09. The highest BCUT2D eigenvalue weighted by molar-refractivity contribution is 7.98. The van der Waals surface area contributed by atoms with Crippen LogP contribution in [0.4, 0.5) is 5.69 Å². The topological polar surface area (TPSA) is 78.0 Å². The van der Waals surface area contributed by atoms with Crippen LogP contribution < -0.4 is 5.56 Å². The van der Waals surface area contributed by atoms with Gasteiger partial charge in [-0.2, -0.15) is 0 Å². The molecule has 0 radical (unpaired) electrons. The summed E-state index contributed by atoms with van der Waals surface area (Å²) in [5.41, 5.74) is 2.85. The number of aryl methyl sites for hydroxylation is 2. The van der Waals surface area contributed by atoms with E-state index in [2.05, 4.69) is 0 Å². The molecule has 0 unspecified atom stereocenters. The zero-order valence-electron chi connectivity index (χ0n) is 14.4. The van der Waals surface area contributed by atoms with Gasteiger partial charge in [0.1, 0.15) is 4.83 Å². The summed E-state index contributed by atoms with van der Waals surface area (Å²) in [5.74, 6) is 0.532. The SMILES string of the molecule is Cc1c(CSc2nc3sc4c(c3c(=O)n2C)CCC4)cccc1[N+](=O)[O-]. The Morgan fingerprint density at radius 2 is 2.19 bits per heavy atom. The maximum Gasteiger partial charge on any atom is 0.272 e. The lowest BCUT2D eigenvalue weighted by atomic mass is 10.1. The number of nitro benzene ring substituents is 1. The van der Waals surface area contributed by atoms with Gasteiger partial charge in [-0.25, -0.2) is 4.98 Å². The van der Waals surface area contributed by atoms with Crippen LogP contribution in [0.5, 0.6) is 0 Å². The fourth-order valence-electron chi connectivity index (χ4n) is 3.40. The largest absolute Gasteiger partial charge is 0.290 e. The summed E-state index contributed by atoms with van der Waals surface area (Å²) >= 11 is 3.07. The second-order valence-corrected chi connectivity index (χ2v) is 8.43. The molecule has 3 aromatic rings. The summed E-state index contributed by atoms with van der Waals surface area (Å²) in [5, 5.41) is 12.5. The quantitative estimate of drug-likeness (QED) is 0.293. The lowest BCUT2D eigenvalue weighted by molar-refractivity contribution is -0.385. The number of hydrogen-bond donors (Lipinski definition) is 0. The van der Waals surface area contributed by atoms with Gasteiger partial charge in [0.15, 0.2) is 5.16 Å². The Kier molecular flexibility index (Phi) is 4.32. The Labute approximate surface area is 158 Å². The number of hydrogen-bond acceptors (Lipinski definition) is 6. The van der Waals surface area contributed by atoms with E-state index in [9.17, 15) is 14.9 Å². The van der Waals surface area contributed by atoms with Gasteiger partial charge in [-0.15, -0.1) is 11.3 Å². The third-order valence-corrected chi connectivity index (χ3v) is 7.14. The Morgan fingerprint density at radius 3 is 2.96 bits per heavy atom. The van der Waals surface area contributed by atoms with Gasteiger partial charge in [-0.3, -0.25) is 19.5 Å². The minimum atomic E-state index is -0.364. The van der Waals surface area contributed by atoms with Crippen LogP contribution in [-0.2, 0) is 25.6 Å². The molecule has 2 heterocycles. The van der Waals surface area contributed by atoms with Gasteiger partial charge in [0.05, 0.1) is 10.3 Å². The highest BCUT2D eigenvalue weighted by atomic mass is 32.2. The third kappa shape index (κ3) is 2.73. The van der Waals surface area contributed by atoms with Gasteiger partial charge in [0.2, 0.25) is 0 Å². The molecule has 0 aliphatic heterocycles. The number of benzene rings is 1. The maximum absolute atomic E-state index is 12.8. The number of thioether (sulfide) groups is 1. The van der Waals surface area contributed by atoms with E-state index in [1.54, 1.807) is 35.9 Å². The molecule has 0 saturated heterocycles. The van der Waals surface area contributed by atoms with Crippen molar-refractivity contribution in [2.45, 2.75) is 37.1 Å². The smallest absolute Gasteiger partial charge is 0.272 e. The zero-order chi connectivity index (χ0) is 18.4. The van der Waals surface area contributed by atoms with E-state index in [4.69, 9.17) is 4.98 Å². The highest BCUT2D eigenvalue weighted by Gasteiger charge is 2.22. The molecule has 0 atom stereocenters. The second kappa shape index (κ2) is 6.51. The normalized spacial score (nSPS) is 13.3. The lowest BCUT2D eigenvalue weighted by Gasteiger charge is -2.09. The van der Waals surface area contributed by atoms with Crippen LogP contribution in [0.3, 0.4) is 0 Å². The molecule has 2 aromatic heterocycles. The molecule has 1 aliphatic carbocycles. The fourth-order valence-corrected chi connectivity index (χ4v) is 5.74. The summed E-state index contributed by atoms with van der Waals surface area (Å²) in [6.07, 6.45) is 3.11. The molecule has 26 heavy (non-hydrogen) atoms. The Balaban J connectivity index is 1.69. The Hall–Kier alpha value is -2.19. The molecule has 0 fully saturated rings. The predicted octanol–water partition coefficient (Wildman–Crippen LogP) is 3.99. The number of thiophene rings is 1. The average Bonchev–Trinajstić information content (AvgIpc) is 3.18. The molecule has 1 aromatic carbocycles. The average molecular weight is 387 g/mol. The summed E-state index contributed by atoms with van der Waals surface area (Å²) in [6.45, 7) is 1.76. The Morgan fingerprint density at radius 1 is 1.38 bits per heavy atom. The van der Waals surface area contributed by atoms with E-state index < -0.39 is 0 Å². The molecule has 8 heteroatoms.